The lowest BCUT2D eigenvalue weighted by molar-refractivity contribution is -0.121. The minimum Gasteiger partial charge on any atom is -0.354 e. The van der Waals surface area contributed by atoms with E-state index in [1.165, 1.54) is 0 Å². The molecule has 1 rings (SSSR count). The fourth-order valence-electron chi connectivity index (χ4n) is 1.73. The highest BCUT2D eigenvalue weighted by molar-refractivity contribution is 5.76. The second-order valence-electron chi connectivity index (χ2n) is 5.60. The Kier molecular flexibility index (Phi) is 6.56. The summed E-state index contributed by atoms with van der Waals surface area (Å²) in [4.78, 5) is 15.8. The summed E-state index contributed by atoms with van der Waals surface area (Å²) < 4.78 is 1.96. The molecule has 5 nitrogen and oxygen atoms in total. The van der Waals surface area contributed by atoms with Crippen LogP contribution >= 0.6 is 0 Å². The first kappa shape index (κ1) is 15.7. The number of imidazole rings is 1. The summed E-state index contributed by atoms with van der Waals surface area (Å²) in [6.45, 7) is 10.7. The molecule has 1 aromatic heterocycles. The molecule has 0 fully saturated rings. The number of amides is 1. The van der Waals surface area contributed by atoms with Crippen molar-refractivity contribution in [3.05, 3.63) is 18.2 Å². The zero-order valence-electron chi connectivity index (χ0n) is 12.4. The lowest BCUT2D eigenvalue weighted by Gasteiger charge is -2.08. The molecular formula is C14H26N4O. The average molecular weight is 266 g/mol. The van der Waals surface area contributed by atoms with Crippen LogP contribution in [-0.4, -0.2) is 28.0 Å². The van der Waals surface area contributed by atoms with Gasteiger partial charge in [-0.1, -0.05) is 13.8 Å². The number of hydrogen-bond acceptors (Lipinski definition) is 3. The number of nitrogens with one attached hydrogen (secondary N) is 2. The third kappa shape index (κ3) is 6.96. The summed E-state index contributed by atoms with van der Waals surface area (Å²) in [5.41, 5.74) is 1.02. The standard InChI is InChI=1S/C14H26N4O/c1-11(2)7-15-8-13-9-18(10-16-13)6-5-14(19)17-12(3)4/h9-12,15H,5-8H2,1-4H3,(H,17,19). The Hall–Kier alpha value is -1.36. The Morgan fingerprint density at radius 3 is 2.74 bits per heavy atom. The number of carbonyl (C=O) groups excluding carboxylic acids is 1. The molecule has 0 saturated heterocycles. The topological polar surface area (TPSA) is 59.0 Å². The number of rotatable bonds is 8. The molecule has 0 aliphatic heterocycles. The number of aryl methyl sites for hydroxylation is 1. The Balaban J connectivity index is 2.28. The number of hydrogen-bond donors (Lipinski definition) is 2. The maximum Gasteiger partial charge on any atom is 0.221 e. The lowest BCUT2D eigenvalue weighted by Crippen LogP contribution is -2.30. The van der Waals surface area contributed by atoms with Gasteiger partial charge < -0.3 is 15.2 Å². The zero-order valence-corrected chi connectivity index (χ0v) is 12.4. The van der Waals surface area contributed by atoms with Crippen LogP contribution in [-0.2, 0) is 17.9 Å². The van der Waals surface area contributed by atoms with Crippen molar-refractivity contribution in [3.63, 3.8) is 0 Å². The quantitative estimate of drug-likeness (QED) is 0.750. The first-order chi connectivity index (χ1) is 8.97. The molecule has 1 amide bonds. The Bertz CT molecular complexity index is 385. The minimum atomic E-state index is 0.0863. The maximum atomic E-state index is 11.5. The molecule has 2 N–H and O–H groups in total. The van der Waals surface area contributed by atoms with Gasteiger partial charge in [-0.15, -0.1) is 0 Å². The monoisotopic (exact) mass is 266 g/mol. The van der Waals surface area contributed by atoms with Gasteiger partial charge in [-0.25, -0.2) is 4.98 Å². The number of aromatic nitrogens is 2. The normalized spacial score (nSPS) is 11.3. The fraction of sp³-hybridized carbons (Fsp3) is 0.714. The van der Waals surface area contributed by atoms with E-state index in [0.717, 1.165) is 18.8 Å². The zero-order chi connectivity index (χ0) is 14.3. The van der Waals surface area contributed by atoms with Crippen molar-refractivity contribution in [2.24, 2.45) is 5.92 Å². The third-order valence-corrected chi connectivity index (χ3v) is 2.59. The van der Waals surface area contributed by atoms with Crippen molar-refractivity contribution in [1.29, 1.82) is 0 Å². The van der Waals surface area contributed by atoms with Crippen molar-refractivity contribution < 1.29 is 4.79 Å². The second kappa shape index (κ2) is 7.94. The number of nitrogens with zero attached hydrogens (tertiary/aromatic N) is 2. The van der Waals surface area contributed by atoms with Crippen molar-refractivity contribution >= 4 is 5.91 Å². The van der Waals surface area contributed by atoms with Crippen molar-refractivity contribution in [3.8, 4) is 0 Å². The van der Waals surface area contributed by atoms with Crippen LogP contribution in [0.4, 0.5) is 0 Å². The van der Waals surface area contributed by atoms with Gasteiger partial charge in [0.2, 0.25) is 5.91 Å². The van der Waals surface area contributed by atoms with Gasteiger partial charge in [-0.05, 0) is 26.3 Å². The van der Waals surface area contributed by atoms with E-state index in [9.17, 15) is 4.79 Å². The third-order valence-electron chi connectivity index (χ3n) is 2.59. The van der Waals surface area contributed by atoms with Gasteiger partial charge in [0.05, 0.1) is 12.0 Å². The lowest BCUT2D eigenvalue weighted by atomic mass is 10.2. The van der Waals surface area contributed by atoms with Gasteiger partial charge in [-0.2, -0.15) is 0 Å². The van der Waals surface area contributed by atoms with E-state index in [2.05, 4.69) is 29.5 Å². The molecule has 0 spiro atoms. The van der Waals surface area contributed by atoms with E-state index in [4.69, 9.17) is 0 Å². The summed E-state index contributed by atoms with van der Waals surface area (Å²) in [6.07, 6.45) is 4.28. The molecule has 5 heteroatoms. The summed E-state index contributed by atoms with van der Waals surface area (Å²) in [6, 6.07) is 0.200. The van der Waals surface area contributed by atoms with E-state index in [0.29, 0.717) is 18.9 Å². The van der Waals surface area contributed by atoms with Gasteiger partial charge in [0.1, 0.15) is 0 Å². The van der Waals surface area contributed by atoms with Gasteiger partial charge in [0, 0.05) is 31.7 Å². The van der Waals surface area contributed by atoms with Crippen LogP contribution in [0, 0.1) is 5.92 Å². The first-order valence-electron chi connectivity index (χ1n) is 6.98. The van der Waals surface area contributed by atoms with Crippen LogP contribution in [0.1, 0.15) is 39.8 Å². The largest absolute Gasteiger partial charge is 0.354 e. The first-order valence-corrected chi connectivity index (χ1v) is 6.98. The smallest absolute Gasteiger partial charge is 0.221 e. The van der Waals surface area contributed by atoms with Gasteiger partial charge >= 0.3 is 0 Å². The predicted molar refractivity (Wildman–Crippen MR) is 76.7 cm³/mol. The van der Waals surface area contributed by atoms with E-state index in [1.807, 2.05) is 24.6 Å². The second-order valence-corrected chi connectivity index (χ2v) is 5.60. The molecule has 0 aromatic carbocycles. The molecule has 0 radical (unpaired) electrons. The molecule has 0 unspecified atom stereocenters. The molecule has 0 aliphatic rings. The molecule has 108 valence electrons. The highest BCUT2D eigenvalue weighted by Crippen LogP contribution is 1.99. The Labute approximate surface area is 115 Å². The molecule has 1 aromatic rings. The van der Waals surface area contributed by atoms with Gasteiger partial charge in [0.15, 0.2) is 0 Å². The molecule has 0 saturated carbocycles. The maximum absolute atomic E-state index is 11.5. The Morgan fingerprint density at radius 1 is 1.37 bits per heavy atom. The van der Waals surface area contributed by atoms with Crippen molar-refractivity contribution in [2.45, 2.75) is 53.2 Å². The molecule has 1 heterocycles. The molecule has 19 heavy (non-hydrogen) atoms. The summed E-state index contributed by atoms with van der Waals surface area (Å²) in [5.74, 6) is 0.727. The van der Waals surface area contributed by atoms with Crippen LogP contribution in [0.5, 0.6) is 0 Å². The van der Waals surface area contributed by atoms with E-state index in [-0.39, 0.29) is 11.9 Å². The van der Waals surface area contributed by atoms with Crippen LogP contribution in [0.2, 0.25) is 0 Å². The van der Waals surface area contributed by atoms with Crippen LogP contribution in [0.15, 0.2) is 12.5 Å². The molecule has 0 aliphatic carbocycles. The fourth-order valence-corrected chi connectivity index (χ4v) is 1.73. The highest BCUT2D eigenvalue weighted by Gasteiger charge is 2.04. The van der Waals surface area contributed by atoms with E-state index in [1.54, 1.807) is 6.33 Å². The predicted octanol–water partition coefficient (Wildman–Crippen LogP) is 1.54. The molecular weight excluding hydrogens is 240 g/mol. The minimum absolute atomic E-state index is 0.0863. The summed E-state index contributed by atoms with van der Waals surface area (Å²) in [7, 11) is 0. The summed E-state index contributed by atoms with van der Waals surface area (Å²) in [5, 5.41) is 6.23. The SMILES string of the molecule is CC(C)CNCc1cn(CCC(=O)NC(C)C)cn1. The van der Waals surface area contributed by atoms with Crippen molar-refractivity contribution in [1.82, 2.24) is 20.2 Å². The van der Waals surface area contributed by atoms with Crippen LogP contribution in [0.25, 0.3) is 0 Å². The molecule has 0 bridgehead atoms. The summed E-state index contributed by atoms with van der Waals surface area (Å²) >= 11 is 0. The highest BCUT2D eigenvalue weighted by atomic mass is 16.1. The van der Waals surface area contributed by atoms with E-state index >= 15 is 0 Å². The van der Waals surface area contributed by atoms with Crippen molar-refractivity contribution in [2.75, 3.05) is 6.54 Å². The van der Waals surface area contributed by atoms with Crippen LogP contribution < -0.4 is 10.6 Å². The Morgan fingerprint density at radius 2 is 2.11 bits per heavy atom. The number of carbonyl (C=O) groups is 1. The van der Waals surface area contributed by atoms with E-state index < -0.39 is 0 Å². The van der Waals surface area contributed by atoms with Crippen LogP contribution in [0.3, 0.4) is 0 Å². The average Bonchev–Trinajstić information content (AvgIpc) is 2.73. The van der Waals surface area contributed by atoms with Gasteiger partial charge in [0.25, 0.3) is 0 Å². The molecule has 0 atom stereocenters. The van der Waals surface area contributed by atoms with Gasteiger partial charge in [-0.3, -0.25) is 4.79 Å².